The fourth-order valence-corrected chi connectivity index (χ4v) is 3.96. The lowest BCUT2D eigenvalue weighted by molar-refractivity contribution is -0.120. The van der Waals surface area contributed by atoms with Crippen molar-refractivity contribution in [3.63, 3.8) is 0 Å². The molecule has 0 fully saturated rings. The Morgan fingerprint density at radius 3 is 2.38 bits per heavy atom. The van der Waals surface area contributed by atoms with Gasteiger partial charge in [0.15, 0.2) is 0 Å². The first-order valence-corrected chi connectivity index (χ1v) is 9.71. The summed E-state index contributed by atoms with van der Waals surface area (Å²) in [5.74, 6) is -0.00415. The van der Waals surface area contributed by atoms with E-state index in [2.05, 4.69) is 5.32 Å². The van der Waals surface area contributed by atoms with Gasteiger partial charge < -0.3 is 10.1 Å². The number of nitrogens with zero attached hydrogens (tertiary/aromatic N) is 1. The van der Waals surface area contributed by atoms with Gasteiger partial charge in [0, 0.05) is 6.04 Å². The number of hydrogen-bond donors (Lipinski definition) is 1. The Bertz CT molecular complexity index is 864. The number of amides is 1. The van der Waals surface area contributed by atoms with Crippen molar-refractivity contribution >= 4 is 21.6 Å². The van der Waals surface area contributed by atoms with Crippen molar-refractivity contribution in [2.24, 2.45) is 0 Å². The van der Waals surface area contributed by atoms with Crippen LogP contribution in [0.3, 0.4) is 0 Å². The molecule has 0 aromatic heterocycles. The van der Waals surface area contributed by atoms with E-state index in [1.165, 1.54) is 19.2 Å². The van der Waals surface area contributed by atoms with Crippen LogP contribution in [0, 0.1) is 6.92 Å². The van der Waals surface area contributed by atoms with Crippen molar-refractivity contribution in [3.8, 4) is 5.75 Å². The number of sulfonamides is 1. The number of aryl methyl sites for hydroxylation is 1. The zero-order valence-corrected chi connectivity index (χ0v) is 16.2. The third-order valence-electron chi connectivity index (χ3n) is 3.67. The Labute approximate surface area is 154 Å². The fourth-order valence-electron chi connectivity index (χ4n) is 2.51. The third-order valence-corrected chi connectivity index (χ3v) is 5.45. The second-order valence-corrected chi connectivity index (χ2v) is 8.08. The summed E-state index contributed by atoms with van der Waals surface area (Å²) in [5, 5.41) is 2.73. The van der Waals surface area contributed by atoms with E-state index in [4.69, 9.17) is 4.74 Å². The Morgan fingerprint density at radius 2 is 1.81 bits per heavy atom. The Kier molecular flexibility index (Phi) is 6.26. The third kappa shape index (κ3) is 4.54. The van der Waals surface area contributed by atoms with Crippen LogP contribution in [0.2, 0.25) is 0 Å². The number of ether oxygens (including phenoxy) is 1. The monoisotopic (exact) mass is 376 g/mol. The largest absolute Gasteiger partial charge is 0.495 e. The Hall–Kier alpha value is -2.54. The molecule has 2 aromatic rings. The van der Waals surface area contributed by atoms with Gasteiger partial charge in [-0.3, -0.25) is 9.10 Å². The van der Waals surface area contributed by atoms with E-state index in [0.29, 0.717) is 11.4 Å². The highest BCUT2D eigenvalue weighted by Gasteiger charge is 2.29. The van der Waals surface area contributed by atoms with Crippen LogP contribution in [0.1, 0.15) is 19.4 Å². The van der Waals surface area contributed by atoms with E-state index < -0.39 is 10.0 Å². The van der Waals surface area contributed by atoms with E-state index in [1.807, 2.05) is 26.8 Å². The molecule has 0 heterocycles. The molecule has 6 nitrogen and oxygen atoms in total. The minimum absolute atomic E-state index is 0.0943. The van der Waals surface area contributed by atoms with Gasteiger partial charge in [-0.25, -0.2) is 8.42 Å². The molecule has 0 unspecified atom stereocenters. The van der Waals surface area contributed by atoms with Gasteiger partial charge in [0.2, 0.25) is 5.91 Å². The molecule has 0 bridgehead atoms. The zero-order valence-electron chi connectivity index (χ0n) is 15.4. The number of carbonyl (C=O) groups is 1. The maximum atomic E-state index is 13.2. The predicted molar refractivity (Wildman–Crippen MR) is 102 cm³/mol. The molecule has 1 N–H and O–H groups in total. The van der Waals surface area contributed by atoms with Gasteiger partial charge in [0.25, 0.3) is 10.0 Å². The quantitative estimate of drug-likeness (QED) is 0.806. The van der Waals surface area contributed by atoms with Crippen molar-refractivity contribution in [1.82, 2.24) is 5.32 Å². The van der Waals surface area contributed by atoms with Gasteiger partial charge in [0.1, 0.15) is 12.3 Å². The molecule has 0 atom stereocenters. The number of anilines is 1. The molecule has 0 aliphatic heterocycles. The first kappa shape index (κ1) is 19.8. The molecule has 140 valence electrons. The van der Waals surface area contributed by atoms with Crippen molar-refractivity contribution in [2.45, 2.75) is 31.7 Å². The van der Waals surface area contributed by atoms with Crippen molar-refractivity contribution < 1.29 is 17.9 Å². The molecule has 0 aliphatic carbocycles. The summed E-state index contributed by atoms with van der Waals surface area (Å²) in [5.41, 5.74) is 1.19. The number of benzene rings is 2. The summed E-state index contributed by atoms with van der Waals surface area (Å²) >= 11 is 0. The summed E-state index contributed by atoms with van der Waals surface area (Å²) in [6.07, 6.45) is 0. The standard InChI is InChI=1S/C19H24N2O4S/c1-14(2)20-19(22)13-21(17-12-15(3)10-11-18(17)25-4)26(23,24)16-8-6-5-7-9-16/h5-12,14H,13H2,1-4H3,(H,20,22). The average Bonchev–Trinajstić information content (AvgIpc) is 2.59. The highest BCUT2D eigenvalue weighted by Crippen LogP contribution is 2.33. The summed E-state index contributed by atoms with van der Waals surface area (Å²) in [7, 11) is -2.47. The van der Waals surface area contributed by atoms with Gasteiger partial charge >= 0.3 is 0 Å². The molecule has 26 heavy (non-hydrogen) atoms. The SMILES string of the molecule is COc1ccc(C)cc1N(CC(=O)NC(C)C)S(=O)(=O)c1ccccc1. The molecular weight excluding hydrogens is 352 g/mol. The van der Waals surface area contributed by atoms with E-state index in [1.54, 1.807) is 30.3 Å². The lowest BCUT2D eigenvalue weighted by Crippen LogP contribution is -2.43. The number of nitrogens with one attached hydrogen (secondary N) is 1. The van der Waals surface area contributed by atoms with Crippen molar-refractivity contribution in [2.75, 3.05) is 18.0 Å². The normalized spacial score (nSPS) is 11.3. The zero-order chi connectivity index (χ0) is 19.3. The molecule has 0 spiro atoms. The lowest BCUT2D eigenvalue weighted by atomic mass is 10.2. The van der Waals surface area contributed by atoms with Gasteiger partial charge in [-0.1, -0.05) is 24.3 Å². The van der Waals surface area contributed by atoms with Gasteiger partial charge in [-0.15, -0.1) is 0 Å². The average molecular weight is 376 g/mol. The maximum absolute atomic E-state index is 13.2. The molecule has 2 rings (SSSR count). The van der Waals surface area contributed by atoms with Crippen LogP contribution in [0.25, 0.3) is 0 Å². The van der Waals surface area contributed by atoms with Gasteiger partial charge in [0.05, 0.1) is 17.7 Å². The van der Waals surface area contributed by atoms with Crippen LogP contribution in [0.15, 0.2) is 53.4 Å². The predicted octanol–water partition coefficient (Wildman–Crippen LogP) is 2.72. The van der Waals surface area contributed by atoms with Crippen LogP contribution in [-0.4, -0.2) is 34.0 Å². The number of methoxy groups -OCH3 is 1. The van der Waals surface area contributed by atoms with Crippen LogP contribution < -0.4 is 14.4 Å². The van der Waals surface area contributed by atoms with Crippen LogP contribution in [0.5, 0.6) is 5.75 Å². The molecule has 7 heteroatoms. The highest BCUT2D eigenvalue weighted by molar-refractivity contribution is 7.92. The van der Waals surface area contributed by atoms with E-state index in [0.717, 1.165) is 9.87 Å². The Morgan fingerprint density at radius 1 is 1.15 bits per heavy atom. The molecule has 2 aromatic carbocycles. The second kappa shape index (κ2) is 8.23. The molecule has 0 saturated heterocycles. The number of rotatable bonds is 7. The Balaban J connectivity index is 2.56. The first-order valence-electron chi connectivity index (χ1n) is 8.27. The van der Waals surface area contributed by atoms with Crippen LogP contribution >= 0.6 is 0 Å². The van der Waals surface area contributed by atoms with Crippen LogP contribution in [-0.2, 0) is 14.8 Å². The lowest BCUT2D eigenvalue weighted by Gasteiger charge is -2.26. The summed E-state index contributed by atoms with van der Waals surface area (Å²) in [4.78, 5) is 12.5. The van der Waals surface area contributed by atoms with E-state index in [9.17, 15) is 13.2 Å². The van der Waals surface area contributed by atoms with Crippen molar-refractivity contribution in [1.29, 1.82) is 0 Å². The number of hydrogen-bond acceptors (Lipinski definition) is 4. The van der Waals surface area contributed by atoms with Crippen LogP contribution in [0.4, 0.5) is 5.69 Å². The van der Waals surface area contributed by atoms with Gasteiger partial charge in [-0.05, 0) is 50.6 Å². The maximum Gasteiger partial charge on any atom is 0.264 e. The summed E-state index contributed by atoms with van der Waals surface area (Å²) < 4.78 is 32.9. The topological polar surface area (TPSA) is 75.7 Å². The molecule has 0 aliphatic rings. The smallest absolute Gasteiger partial charge is 0.264 e. The highest BCUT2D eigenvalue weighted by atomic mass is 32.2. The van der Waals surface area contributed by atoms with E-state index >= 15 is 0 Å². The minimum Gasteiger partial charge on any atom is -0.495 e. The molecule has 1 amide bonds. The van der Waals surface area contributed by atoms with Gasteiger partial charge in [-0.2, -0.15) is 0 Å². The molecule has 0 radical (unpaired) electrons. The van der Waals surface area contributed by atoms with Crippen molar-refractivity contribution in [3.05, 3.63) is 54.1 Å². The van der Waals surface area contributed by atoms with E-state index in [-0.39, 0.29) is 23.4 Å². The second-order valence-electron chi connectivity index (χ2n) is 6.22. The minimum atomic E-state index is -3.94. The fraction of sp³-hybridized carbons (Fsp3) is 0.316. The summed E-state index contributed by atoms with van der Waals surface area (Å²) in [6.45, 7) is 5.15. The molecular formula is C19H24N2O4S. The first-order chi connectivity index (χ1) is 12.3. The molecule has 0 saturated carbocycles. The number of carbonyl (C=O) groups excluding carboxylic acids is 1. The summed E-state index contributed by atoms with van der Waals surface area (Å²) in [6, 6.07) is 13.2.